The van der Waals surface area contributed by atoms with Gasteiger partial charge in [-0.3, -0.25) is 0 Å². The van der Waals surface area contributed by atoms with Gasteiger partial charge in [-0.05, 0) is 75.9 Å². The summed E-state index contributed by atoms with van der Waals surface area (Å²) in [6.45, 7) is 7.22. The standard InChI is InChI=1S/C28H28BrClN2O2S/c1-28(2,3)19-9-10-20-21(14-31)27(35-25(20)13-19)32-15-17-11-22(29)26(24(12-17)33-4)34-16-18-7-5-6-8-23(18)30/h5-8,11-12,15,19H,9-10,13,16H2,1-4H3/t19-/m0/s1. The van der Waals surface area contributed by atoms with E-state index in [1.807, 2.05) is 36.4 Å². The average molecular weight is 572 g/mol. The first-order chi connectivity index (χ1) is 16.7. The number of hydrogen-bond acceptors (Lipinski definition) is 5. The fraction of sp³-hybridized carbons (Fsp3) is 0.357. The summed E-state index contributed by atoms with van der Waals surface area (Å²) >= 11 is 11.5. The lowest BCUT2D eigenvalue weighted by Gasteiger charge is -2.33. The van der Waals surface area contributed by atoms with Gasteiger partial charge in [0.05, 0.1) is 17.1 Å². The number of methoxy groups -OCH3 is 1. The van der Waals surface area contributed by atoms with Crippen LogP contribution in [-0.4, -0.2) is 13.3 Å². The van der Waals surface area contributed by atoms with Gasteiger partial charge in [0.25, 0.3) is 0 Å². The molecule has 0 fully saturated rings. The fourth-order valence-electron chi connectivity index (χ4n) is 4.37. The predicted octanol–water partition coefficient (Wildman–Crippen LogP) is 8.52. The highest BCUT2D eigenvalue weighted by Gasteiger charge is 2.32. The minimum Gasteiger partial charge on any atom is -0.493 e. The highest BCUT2D eigenvalue weighted by molar-refractivity contribution is 9.10. The van der Waals surface area contributed by atoms with E-state index in [4.69, 9.17) is 26.1 Å². The molecule has 4 rings (SSSR count). The molecule has 4 nitrogen and oxygen atoms in total. The van der Waals surface area contributed by atoms with E-state index < -0.39 is 0 Å². The molecule has 0 aliphatic heterocycles. The van der Waals surface area contributed by atoms with E-state index in [1.165, 1.54) is 10.4 Å². The Bertz CT molecular complexity index is 1300. The van der Waals surface area contributed by atoms with Crippen molar-refractivity contribution in [1.82, 2.24) is 0 Å². The molecule has 1 aliphatic carbocycles. The summed E-state index contributed by atoms with van der Waals surface area (Å²) in [7, 11) is 1.61. The zero-order chi connectivity index (χ0) is 25.2. The van der Waals surface area contributed by atoms with E-state index in [1.54, 1.807) is 24.7 Å². The molecule has 1 heterocycles. The van der Waals surface area contributed by atoms with Crippen LogP contribution in [0.15, 0.2) is 45.9 Å². The van der Waals surface area contributed by atoms with Gasteiger partial charge in [0.15, 0.2) is 11.5 Å². The highest BCUT2D eigenvalue weighted by atomic mass is 79.9. The van der Waals surface area contributed by atoms with Gasteiger partial charge in [-0.2, -0.15) is 5.26 Å². The van der Waals surface area contributed by atoms with E-state index in [-0.39, 0.29) is 5.41 Å². The Labute approximate surface area is 224 Å². The number of thiophene rings is 1. The topological polar surface area (TPSA) is 54.6 Å². The molecule has 0 unspecified atom stereocenters. The van der Waals surface area contributed by atoms with Gasteiger partial charge in [0.2, 0.25) is 0 Å². The molecule has 2 aromatic carbocycles. The Hall–Kier alpha value is -2.33. The number of nitriles is 1. The van der Waals surface area contributed by atoms with Crippen molar-refractivity contribution < 1.29 is 9.47 Å². The van der Waals surface area contributed by atoms with Crippen LogP contribution in [0.4, 0.5) is 5.00 Å². The molecule has 0 radical (unpaired) electrons. The molecule has 1 aliphatic rings. The quantitative estimate of drug-likeness (QED) is 0.279. The van der Waals surface area contributed by atoms with Crippen LogP contribution in [0, 0.1) is 22.7 Å². The van der Waals surface area contributed by atoms with Crippen molar-refractivity contribution in [3.05, 3.63) is 73.0 Å². The average Bonchev–Trinajstić information content (AvgIpc) is 3.18. The van der Waals surface area contributed by atoms with Crippen LogP contribution in [-0.2, 0) is 19.4 Å². The fourth-order valence-corrected chi connectivity index (χ4v) is 6.36. The van der Waals surface area contributed by atoms with Crippen LogP contribution in [0.5, 0.6) is 11.5 Å². The highest BCUT2D eigenvalue weighted by Crippen LogP contribution is 2.45. The van der Waals surface area contributed by atoms with E-state index >= 15 is 0 Å². The smallest absolute Gasteiger partial charge is 0.175 e. The lowest BCUT2D eigenvalue weighted by atomic mass is 9.72. The summed E-state index contributed by atoms with van der Waals surface area (Å²) in [5.41, 5.74) is 3.91. The number of rotatable bonds is 6. The van der Waals surface area contributed by atoms with Crippen molar-refractivity contribution in [2.75, 3.05) is 7.11 Å². The number of nitrogens with zero attached hydrogens (tertiary/aromatic N) is 2. The van der Waals surface area contributed by atoms with Crippen molar-refractivity contribution in [2.24, 2.45) is 16.3 Å². The molecule has 0 spiro atoms. The number of hydrogen-bond donors (Lipinski definition) is 0. The molecule has 182 valence electrons. The first-order valence-electron chi connectivity index (χ1n) is 11.5. The van der Waals surface area contributed by atoms with E-state index in [0.29, 0.717) is 29.0 Å². The zero-order valence-electron chi connectivity index (χ0n) is 20.3. The molecular formula is C28H28BrClN2O2S. The Kier molecular flexibility index (Phi) is 7.90. The molecule has 1 aromatic heterocycles. The normalized spacial score (nSPS) is 15.6. The van der Waals surface area contributed by atoms with Crippen molar-refractivity contribution in [1.29, 1.82) is 5.26 Å². The van der Waals surface area contributed by atoms with Crippen molar-refractivity contribution >= 4 is 50.1 Å². The number of aliphatic imine (C=N–C) groups is 1. The third-order valence-corrected chi connectivity index (χ3v) is 8.62. The van der Waals surface area contributed by atoms with Gasteiger partial charge in [-0.1, -0.05) is 50.6 Å². The van der Waals surface area contributed by atoms with E-state index in [0.717, 1.165) is 45.4 Å². The minimum absolute atomic E-state index is 0.260. The van der Waals surface area contributed by atoms with Crippen LogP contribution in [0.25, 0.3) is 0 Å². The first kappa shape index (κ1) is 25.8. The SMILES string of the molecule is COc1cc(C=Nc2sc3c(c2C#N)CC[C@H](C(C)(C)C)C3)cc(Br)c1OCc1ccccc1Cl. The van der Waals surface area contributed by atoms with Crippen LogP contribution in [0.1, 0.15) is 54.3 Å². The largest absolute Gasteiger partial charge is 0.493 e. The first-order valence-corrected chi connectivity index (χ1v) is 13.5. The second-order valence-electron chi connectivity index (χ2n) is 9.77. The van der Waals surface area contributed by atoms with Crippen LogP contribution in [0.3, 0.4) is 0 Å². The maximum absolute atomic E-state index is 9.85. The lowest BCUT2D eigenvalue weighted by molar-refractivity contribution is 0.218. The van der Waals surface area contributed by atoms with Gasteiger partial charge in [0.1, 0.15) is 17.7 Å². The summed E-state index contributed by atoms with van der Waals surface area (Å²) in [6.07, 6.45) is 4.86. The Morgan fingerprint density at radius 3 is 2.74 bits per heavy atom. The van der Waals surface area contributed by atoms with Gasteiger partial charge in [-0.25, -0.2) is 4.99 Å². The second-order valence-corrected chi connectivity index (χ2v) is 12.1. The maximum Gasteiger partial charge on any atom is 0.175 e. The summed E-state index contributed by atoms with van der Waals surface area (Å²) in [5.74, 6) is 1.81. The number of fused-ring (bicyclic) bond motifs is 1. The van der Waals surface area contributed by atoms with Crippen molar-refractivity contribution in [3.63, 3.8) is 0 Å². The second kappa shape index (κ2) is 10.7. The third kappa shape index (κ3) is 5.74. The monoisotopic (exact) mass is 570 g/mol. The summed E-state index contributed by atoms with van der Waals surface area (Å²) in [6, 6.07) is 13.8. The van der Waals surface area contributed by atoms with E-state index in [2.05, 4.69) is 42.8 Å². The molecular weight excluding hydrogens is 544 g/mol. The van der Waals surface area contributed by atoms with Crippen LogP contribution >= 0.6 is 38.9 Å². The molecule has 0 saturated heterocycles. The van der Waals surface area contributed by atoms with Gasteiger partial charge in [0, 0.05) is 21.7 Å². The molecule has 0 amide bonds. The van der Waals surface area contributed by atoms with Gasteiger partial charge in [-0.15, -0.1) is 11.3 Å². The maximum atomic E-state index is 9.85. The molecule has 7 heteroatoms. The number of ether oxygens (including phenoxy) is 2. The molecule has 0 bridgehead atoms. The Balaban J connectivity index is 1.57. The van der Waals surface area contributed by atoms with E-state index in [9.17, 15) is 5.26 Å². The zero-order valence-corrected chi connectivity index (χ0v) is 23.5. The number of benzene rings is 2. The summed E-state index contributed by atoms with van der Waals surface area (Å²) in [4.78, 5) is 6.03. The molecule has 0 saturated carbocycles. The Morgan fingerprint density at radius 2 is 2.06 bits per heavy atom. The number of halogens is 2. The van der Waals surface area contributed by atoms with Crippen molar-refractivity contribution in [2.45, 2.75) is 46.6 Å². The van der Waals surface area contributed by atoms with Gasteiger partial charge < -0.3 is 9.47 Å². The van der Waals surface area contributed by atoms with Crippen molar-refractivity contribution in [3.8, 4) is 17.6 Å². The van der Waals surface area contributed by atoms with Crippen LogP contribution < -0.4 is 9.47 Å². The lowest BCUT2D eigenvalue weighted by Crippen LogP contribution is -2.26. The Morgan fingerprint density at radius 1 is 1.29 bits per heavy atom. The third-order valence-electron chi connectivity index (χ3n) is 6.50. The summed E-state index contributed by atoms with van der Waals surface area (Å²) in [5, 5.41) is 11.3. The molecule has 35 heavy (non-hydrogen) atoms. The van der Waals surface area contributed by atoms with Gasteiger partial charge >= 0.3 is 0 Å². The van der Waals surface area contributed by atoms with Crippen LogP contribution in [0.2, 0.25) is 5.02 Å². The molecule has 1 atom stereocenters. The predicted molar refractivity (Wildman–Crippen MR) is 148 cm³/mol. The molecule has 0 N–H and O–H groups in total. The summed E-state index contributed by atoms with van der Waals surface area (Å²) < 4.78 is 12.4. The molecule has 3 aromatic rings. The minimum atomic E-state index is 0.260.